The first-order chi connectivity index (χ1) is 12.5. The van der Waals surface area contributed by atoms with Gasteiger partial charge in [-0.05, 0) is 42.8 Å². The number of carbonyl (C=O) groups is 1. The maximum absolute atomic E-state index is 11.0. The molecule has 5 nitrogen and oxygen atoms in total. The molecule has 1 aliphatic rings. The Morgan fingerprint density at radius 3 is 2.12 bits per heavy atom. The standard InChI is InChI=1S/C18H19ClN2O2.CH3NS/c1-13-3-2-4-14(11-13)20-7-9-21(10-8-20)15-5-6-16(18(22)23)17(19)12-15;2-1-3/h2-6,11-12H,7-10H2,1H3,(H,22,23);1H,(H2,2,3). The van der Waals surface area contributed by atoms with Crippen LogP contribution in [0.25, 0.3) is 0 Å². The van der Waals surface area contributed by atoms with E-state index in [9.17, 15) is 4.79 Å². The molecule has 2 aromatic rings. The number of thiocarbonyl (C=S) groups is 1. The van der Waals surface area contributed by atoms with Crippen LogP contribution in [0.5, 0.6) is 0 Å². The third-order valence-electron chi connectivity index (χ3n) is 4.19. The van der Waals surface area contributed by atoms with Crippen LogP contribution in [0.15, 0.2) is 42.5 Å². The predicted octanol–water partition coefficient (Wildman–Crippen LogP) is 3.58. The van der Waals surface area contributed by atoms with Crippen molar-refractivity contribution in [2.24, 2.45) is 5.73 Å². The average Bonchev–Trinajstić information content (AvgIpc) is 2.62. The number of aryl methyl sites for hydroxylation is 1. The number of hydrogen-bond acceptors (Lipinski definition) is 4. The van der Waals surface area contributed by atoms with Gasteiger partial charge in [0.15, 0.2) is 0 Å². The van der Waals surface area contributed by atoms with Crippen molar-refractivity contribution in [1.29, 1.82) is 0 Å². The fourth-order valence-electron chi connectivity index (χ4n) is 2.92. The first-order valence-electron chi connectivity index (χ1n) is 8.21. The summed E-state index contributed by atoms with van der Waals surface area (Å²) in [6.07, 6.45) is 0. The summed E-state index contributed by atoms with van der Waals surface area (Å²) in [5.74, 6) is -0.995. The largest absolute Gasteiger partial charge is 0.478 e. The number of aromatic carboxylic acids is 1. The van der Waals surface area contributed by atoms with E-state index in [1.807, 2.05) is 6.07 Å². The van der Waals surface area contributed by atoms with Crippen molar-refractivity contribution in [3.63, 3.8) is 0 Å². The smallest absolute Gasteiger partial charge is 0.337 e. The van der Waals surface area contributed by atoms with Gasteiger partial charge in [0.1, 0.15) is 0 Å². The lowest BCUT2D eigenvalue weighted by Crippen LogP contribution is -2.46. The molecule has 1 saturated heterocycles. The molecule has 0 bridgehead atoms. The van der Waals surface area contributed by atoms with Crippen LogP contribution in [0.2, 0.25) is 5.02 Å². The third-order valence-corrected chi connectivity index (χ3v) is 4.51. The number of nitrogens with two attached hydrogens (primary N) is 1. The summed E-state index contributed by atoms with van der Waals surface area (Å²) in [4.78, 5) is 15.6. The van der Waals surface area contributed by atoms with Crippen LogP contribution < -0.4 is 15.5 Å². The zero-order valence-corrected chi connectivity index (χ0v) is 16.1. The second kappa shape index (κ2) is 9.40. The van der Waals surface area contributed by atoms with E-state index in [-0.39, 0.29) is 10.6 Å². The molecule has 0 aliphatic carbocycles. The second-order valence-electron chi connectivity index (χ2n) is 5.92. The number of benzene rings is 2. The highest BCUT2D eigenvalue weighted by Gasteiger charge is 2.19. The van der Waals surface area contributed by atoms with Gasteiger partial charge in [0.25, 0.3) is 0 Å². The number of carboxylic acids is 1. The Morgan fingerprint density at radius 1 is 1.12 bits per heavy atom. The highest BCUT2D eigenvalue weighted by Crippen LogP contribution is 2.26. The maximum Gasteiger partial charge on any atom is 0.337 e. The Kier molecular flexibility index (Phi) is 7.24. The van der Waals surface area contributed by atoms with E-state index in [0.29, 0.717) is 0 Å². The van der Waals surface area contributed by atoms with Crippen LogP contribution in [-0.4, -0.2) is 42.7 Å². The SMILES string of the molecule is Cc1cccc(N2CCN(c3ccc(C(=O)O)c(Cl)c3)CC2)c1.NC=S. The molecule has 0 saturated carbocycles. The first kappa shape index (κ1) is 20.0. The van der Waals surface area contributed by atoms with Crippen LogP contribution in [0.1, 0.15) is 15.9 Å². The van der Waals surface area contributed by atoms with Crippen molar-refractivity contribution >= 4 is 46.7 Å². The van der Waals surface area contributed by atoms with E-state index >= 15 is 0 Å². The molecule has 138 valence electrons. The number of carboxylic acid groups (broad SMARTS) is 1. The Morgan fingerprint density at radius 2 is 1.65 bits per heavy atom. The lowest BCUT2D eigenvalue weighted by molar-refractivity contribution is 0.0697. The average molecular weight is 392 g/mol. The number of rotatable bonds is 3. The van der Waals surface area contributed by atoms with E-state index in [2.05, 4.69) is 58.9 Å². The summed E-state index contributed by atoms with van der Waals surface area (Å²) < 4.78 is 0. The number of anilines is 2. The molecule has 2 aromatic carbocycles. The molecule has 0 spiro atoms. The van der Waals surface area contributed by atoms with Crippen LogP contribution in [-0.2, 0) is 0 Å². The van der Waals surface area contributed by atoms with Gasteiger partial charge >= 0.3 is 5.97 Å². The van der Waals surface area contributed by atoms with Crippen molar-refractivity contribution in [3.8, 4) is 0 Å². The topological polar surface area (TPSA) is 69.8 Å². The van der Waals surface area contributed by atoms with E-state index < -0.39 is 5.97 Å². The summed E-state index contributed by atoms with van der Waals surface area (Å²) in [7, 11) is 0. The molecule has 0 aromatic heterocycles. The van der Waals surface area contributed by atoms with Crippen LogP contribution in [0.3, 0.4) is 0 Å². The summed E-state index contributed by atoms with van der Waals surface area (Å²) >= 11 is 10.1. The number of piperazine rings is 1. The minimum absolute atomic E-state index is 0.147. The molecule has 3 rings (SSSR count). The van der Waals surface area contributed by atoms with Gasteiger partial charge in [-0.15, -0.1) is 0 Å². The monoisotopic (exact) mass is 391 g/mol. The lowest BCUT2D eigenvalue weighted by Gasteiger charge is -2.37. The van der Waals surface area contributed by atoms with E-state index in [1.165, 1.54) is 11.3 Å². The van der Waals surface area contributed by atoms with Crippen molar-refractivity contribution < 1.29 is 9.90 Å². The van der Waals surface area contributed by atoms with E-state index in [1.54, 1.807) is 12.1 Å². The zero-order chi connectivity index (χ0) is 19.1. The van der Waals surface area contributed by atoms with Gasteiger partial charge < -0.3 is 20.6 Å². The van der Waals surface area contributed by atoms with Gasteiger partial charge in [-0.3, -0.25) is 0 Å². The van der Waals surface area contributed by atoms with Gasteiger partial charge in [-0.25, -0.2) is 4.79 Å². The Bertz CT molecular complexity index is 777. The molecule has 0 atom stereocenters. The molecule has 7 heteroatoms. The molecule has 1 heterocycles. The quantitative estimate of drug-likeness (QED) is 0.779. The second-order valence-corrected chi connectivity index (χ2v) is 6.60. The molecule has 0 radical (unpaired) electrons. The summed E-state index contributed by atoms with van der Waals surface area (Å²) in [5.41, 5.74) is 9.26. The molecule has 1 aliphatic heterocycles. The molecule has 0 unspecified atom stereocenters. The lowest BCUT2D eigenvalue weighted by atomic mass is 10.1. The molecule has 3 N–H and O–H groups in total. The highest BCUT2D eigenvalue weighted by atomic mass is 35.5. The van der Waals surface area contributed by atoms with Gasteiger partial charge in [0, 0.05) is 37.6 Å². The van der Waals surface area contributed by atoms with Crippen LogP contribution >= 0.6 is 23.8 Å². The van der Waals surface area contributed by atoms with E-state index in [0.717, 1.165) is 37.4 Å². The summed E-state index contributed by atoms with van der Waals surface area (Å²) in [6.45, 7) is 5.74. The third kappa shape index (κ3) is 5.09. The molecule has 26 heavy (non-hydrogen) atoms. The minimum atomic E-state index is -0.995. The molecular formula is C19H22ClN3O2S. The zero-order valence-electron chi connectivity index (χ0n) is 14.6. The Labute approximate surface area is 164 Å². The predicted molar refractivity (Wildman–Crippen MR) is 112 cm³/mol. The molecular weight excluding hydrogens is 370 g/mol. The molecule has 1 fully saturated rings. The number of hydrogen-bond donors (Lipinski definition) is 2. The maximum atomic E-state index is 11.0. The fraction of sp³-hybridized carbons (Fsp3) is 0.263. The summed E-state index contributed by atoms with van der Waals surface area (Å²) in [5, 5.41) is 9.33. The van der Waals surface area contributed by atoms with Gasteiger partial charge in [0.2, 0.25) is 0 Å². The Hall–Kier alpha value is -2.31. The van der Waals surface area contributed by atoms with Crippen molar-refractivity contribution in [2.75, 3.05) is 36.0 Å². The van der Waals surface area contributed by atoms with Crippen molar-refractivity contribution in [2.45, 2.75) is 6.92 Å². The van der Waals surface area contributed by atoms with Gasteiger partial charge in [-0.1, -0.05) is 36.0 Å². The van der Waals surface area contributed by atoms with Gasteiger partial charge in [0.05, 0.1) is 16.1 Å². The van der Waals surface area contributed by atoms with Crippen LogP contribution in [0, 0.1) is 6.92 Å². The summed E-state index contributed by atoms with van der Waals surface area (Å²) in [6, 6.07) is 13.7. The Balaban J connectivity index is 0.000000758. The van der Waals surface area contributed by atoms with E-state index in [4.69, 9.17) is 16.7 Å². The van der Waals surface area contributed by atoms with Crippen molar-refractivity contribution in [1.82, 2.24) is 0 Å². The normalized spacial score (nSPS) is 13.6. The fourth-order valence-corrected chi connectivity index (χ4v) is 3.18. The number of nitrogens with zero attached hydrogens (tertiary/aromatic N) is 2. The minimum Gasteiger partial charge on any atom is -0.478 e. The van der Waals surface area contributed by atoms with Crippen LogP contribution in [0.4, 0.5) is 11.4 Å². The van der Waals surface area contributed by atoms with Crippen molar-refractivity contribution in [3.05, 3.63) is 58.6 Å². The molecule has 0 amide bonds. The highest BCUT2D eigenvalue weighted by molar-refractivity contribution is 7.78. The number of halogens is 1. The first-order valence-corrected chi connectivity index (χ1v) is 9.06. The van der Waals surface area contributed by atoms with Gasteiger partial charge in [-0.2, -0.15) is 0 Å².